The predicted molar refractivity (Wildman–Crippen MR) is 104 cm³/mol. The molecule has 0 amide bonds. The Morgan fingerprint density at radius 1 is 1.22 bits per heavy atom. The Bertz CT molecular complexity index is 775. The molecule has 1 fully saturated rings. The van der Waals surface area contributed by atoms with Crippen molar-refractivity contribution in [2.45, 2.75) is 32.6 Å². The van der Waals surface area contributed by atoms with Crippen molar-refractivity contribution in [1.29, 1.82) is 0 Å². The van der Waals surface area contributed by atoms with Gasteiger partial charge in [0.05, 0.1) is 19.3 Å². The summed E-state index contributed by atoms with van der Waals surface area (Å²) in [6.07, 6.45) is 0.158. The number of hydrogen-bond donors (Lipinski definition) is 1. The van der Waals surface area contributed by atoms with Gasteiger partial charge in [-0.2, -0.15) is 0 Å². The molecule has 0 bridgehead atoms. The van der Waals surface area contributed by atoms with Gasteiger partial charge in [0.15, 0.2) is 0 Å². The molecule has 0 radical (unpaired) electrons. The highest BCUT2D eigenvalue weighted by atomic mass is 16.5. The normalized spacial score (nSPS) is 20.6. The number of methoxy groups -OCH3 is 1. The number of morpholine rings is 1. The minimum absolute atomic E-state index is 0.0181. The van der Waals surface area contributed by atoms with Crippen LogP contribution in [0.2, 0.25) is 0 Å². The minimum Gasteiger partial charge on any atom is -0.496 e. The van der Waals surface area contributed by atoms with Crippen LogP contribution in [0, 0.1) is 5.92 Å². The number of benzene rings is 2. The standard InChI is InChI=1S/C22H27NO4/c1-15(2)20-13-23(14-21(27-20)17-7-5-4-6-8-17)12-16-9-10-19(26-3)18(11-16)22(24)25/h4-11,15,20-21H,12-14H2,1-3H3,(H,24,25)/t20-,21+/m1/s1. The van der Waals surface area contributed by atoms with Crippen LogP contribution in [-0.4, -0.2) is 42.3 Å². The van der Waals surface area contributed by atoms with Crippen LogP contribution >= 0.6 is 0 Å². The van der Waals surface area contributed by atoms with Crippen LogP contribution in [0.5, 0.6) is 5.75 Å². The summed E-state index contributed by atoms with van der Waals surface area (Å²) in [5.41, 5.74) is 2.33. The van der Waals surface area contributed by atoms with E-state index in [-0.39, 0.29) is 17.8 Å². The summed E-state index contributed by atoms with van der Waals surface area (Å²) in [5.74, 6) is -0.183. The van der Waals surface area contributed by atoms with Crippen molar-refractivity contribution in [2.75, 3.05) is 20.2 Å². The molecule has 2 atom stereocenters. The van der Waals surface area contributed by atoms with Crippen LogP contribution in [-0.2, 0) is 11.3 Å². The third-order valence-corrected chi connectivity index (χ3v) is 5.02. The fourth-order valence-corrected chi connectivity index (χ4v) is 3.49. The van der Waals surface area contributed by atoms with Crippen LogP contribution in [0.3, 0.4) is 0 Å². The third-order valence-electron chi connectivity index (χ3n) is 5.02. The van der Waals surface area contributed by atoms with Gasteiger partial charge in [-0.25, -0.2) is 4.79 Å². The highest BCUT2D eigenvalue weighted by Gasteiger charge is 2.30. The van der Waals surface area contributed by atoms with E-state index in [2.05, 4.69) is 30.9 Å². The number of carboxylic acids is 1. The van der Waals surface area contributed by atoms with Crippen molar-refractivity contribution in [3.63, 3.8) is 0 Å². The van der Waals surface area contributed by atoms with Crippen LogP contribution in [0.25, 0.3) is 0 Å². The summed E-state index contributed by atoms with van der Waals surface area (Å²) in [7, 11) is 1.49. The predicted octanol–water partition coefficient (Wildman–Crippen LogP) is 3.99. The first-order valence-electron chi connectivity index (χ1n) is 9.31. The van der Waals surface area contributed by atoms with E-state index in [9.17, 15) is 9.90 Å². The van der Waals surface area contributed by atoms with Crippen LogP contribution in [0.15, 0.2) is 48.5 Å². The lowest BCUT2D eigenvalue weighted by atomic mass is 10.0. The van der Waals surface area contributed by atoms with Crippen molar-refractivity contribution in [2.24, 2.45) is 5.92 Å². The number of nitrogens with zero attached hydrogens (tertiary/aromatic N) is 1. The van der Waals surface area contributed by atoms with E-state index in [1.165, 1.54) is 12.7 Å². The molecule has 5 nitrogen and oxygen atoms in total. The van der Waals surface area contributed by atoms with Crippen molar-refractivity contribution in [3.05, 3.63) is 65.2 Å². The van der Waals surface area contributed by atoms with E-state index in [0.29, 0.717) is 18.2 Å². The number of rotatable bonds is 6. The van der Waals surface area contributed by atoms with E-state index < -0.39 is 5.97 Å². The quantitative estimate of drug-likeness (QED) is 0.834. The maximum atomic E-state index is 11.5. The van der Waals surface area contributed by atoms with Gasteiger partial charge in [-0.3, -0.25) is 4.90 Å². The molecule has 1 heterocycles. The Balaban J connectivity index is 1.80. The average molecular weight is 369 g/mol. The zero-order valence-corrected chi connectivity index (χ0v) is 16.1. The van der Waals surface area contributed by atoms with Crippen molar-refractivity contribution >= 4 is 5.97 Å². The molecule has 2 aromatic carbocycles. The smallest absolute Gasteiger partial charge is 0.339 e. The SMILES string of the molecule is COc1ccc(CN2C[C@@H](c3ccccc3)O[C@@H](C(C)C)C2)cc1C(=O)O. The summed E-state index contributed by atoms with van der Waals surface area (Å²) in [5, 5.41) is 9.42. The van der Waals surface area contributed by atoms with E-state index in [0.717, 1.165) is 18.7 Å². The molecule has 3 rings (SSSR count). The first kappa shape index (κ1) is 19.4. The van der Waals surface area contributed by atoms with Crippen LogP contribution < -0.4 is 4.74 Å². The molecule has 144 valence electrons. The first-order chi connectivity index (χ1) is 13.0. The Morgan fingerprint density at radius 3 is 2.59 bits per heavy atom. The molecule has 5 heteroatoms. The summed E-state index contributed by atoms with van der Waals surface area (Å²) in [4.78, 5) is 13.8. The fourth-order valence-electron chi connectivity index (χ4n) is 3.49. The number of hydrogen-bond acceptors (Lipinski definition) is 4. The molecular formula is C22H27NO4. The third kappa shape index (κ3) is 4.67. The maximum Gasteiger partial charge on any atom is 0.339 e. The molecular weight excluding hydrogens is 342 g/mol. The average Bonchev–Trinajstić information content (AvgIpc) is 2.68. The van der Waals surface area contributed by atoms with Gasteiger partial charge in [0.25, 0.3) is 0 Å². The van der Waals surface area contributed by atoms with E-state index in [1.807, 2.05) is 24.3 Å². The summed E-state index contributed by atoms with van der Waals surface area (Å²) >= 11 is 0. The van der Waals surface area contributed by atoms with Crippen molar-refractivity contribution in [1.82, 2.24) is 4.90 Å². The minimum atomic E-state index is -0.974. The Hall–Kier alpha value is -2.37. The lowest BCUT2D eigenvalue weighted by molar-refractivity contribution is -0.107. The topological polar surface area (TPSA) is 59.0 Å². The lowest BCUT2D eigenvalue weighted by Crippen LogP contribution is -2.45. The zero-order valence-electron chi connectivity index (χ0n) is 16.1. The summed E-state index contributed by atoms with van der Waals surface area (Å²) in [6.45, 7) is 6.63. The van der Waals surface area contributed by atoms with Gasteiger partial charge in [0, 0.05) is 19.6 Å². The molecule has 1 saturated heterocycles. The van der Waals surface area contributed by atoms with Gasteiger partial charge in [0.2, 0.25) is 0 Å². The molecule has 27 heavy (non-hydrogen) atoms. The van der Waals surface area contributed by atoms with Gasteiger partial charge in [-0.15, -0.1) is 0 Å². The monoisotopic (exact) mass is 369 g/mol. The Labute approximate surface area is 160 Å². The lowest BCUT2D eigenvalue weighted by Gasteiger charge is -2.40. The Kier molecular flexibility index (Phi) is 6.14. The number of aromatic carboxylic acids is 1. The van der Waals surface area contributed by atoms with Crippen LogP contribution in [0.4, 0.5) is 0 Å². The fraction of sp³-hybridized carbons (Fsp3) is 0.409. The molecule has 0 saturated carbocycles. The second-order valence-electron chi connectivity index (χ2n) is 7.35. The van der Waals surface area contributed by atoms with Crippen molar-refractivity contribution < 1.29 is 19.4 Å². The molecule has 1 aliphatic heterocycles. The highest BCUT2D eigenvalue weighted by Crippen LogP contribution is 2.29. The van der Waals surface area contributed by atoms with Gasteiger partial charge in [-0.05, 0) is 29.2 Å². The molecule has 1 N–H and O–H groups in total. The van der Waals surface area contributed by atoms with Gasteiger partial charge < -0.3 is 14.6 Å². The first-order valence-corrected chi connectivity index (χ1v) is 9.31. The van der Waals surface area contributed by atoms with E-state index >= 15 is 0 Å². The molecule has 0 aromatic heterocycles. The molecule has 0 spiro atoms. The van der Waals surface area contributed by atoms with E-state index in [4.69, 9.17) is 9.47 Å². The number of carboxylic acid groups (broad SMARTS) is 1. The second kappa shape index (κ2) is 8.55. The van der Waals surface area contributed by atoms with Gasteiger partial charge in [0.1, 0.15) is 11.3 Å². The maximum absolute atomic E-state index is 11.5. The largest absolute Gasteiger partial charge is 0.496 e. The zero-order chi connectivity index (χ0) is 19.4. The number of ether oxygens (including phenoxy) is 2. The molecule has 0 aliphatic carbocycles. The van der Waals surface area contributed by atoms with E-state index in [1.54, 1.807) is 12.1 Å². The van der Waals surface area contributed by atoms with Crippen molar-refractivity contribution in [3.8, 4) is 5.75 Å². The van der Waals surface area contributed by atoms with Crippen LogP contribution in [0.1, 0.15) is 41.4 Å². The molecule has 0 unspecified atom stereocenters. The molecule has 2 aromatic rings. The van der Waals surface area contributed by atoms with Gasteiger partial charge in [-0.1, -0.05) is 50.2 Å². The van der Waals surface area contributed by atoms with Gasteiger partial charge >= 0.3 is 5.97 Å². The summed E-state index contributed by atoms with van der Waals surface area (Å²) < 4.78 is 11.5. The molecule has 1 aliphatic rings. The highest BCUT2D eigenvalue weighted by molar-refractivity contribution is 5.91. The Morgan fingerprint density at radius 2 is 1.96 bits per heavy atom. The summed E-state index contributed by atoms with van der Waals surface area (Å²) in [6, 6.07) is 15.6. The second-order valence-corrected chi connectivity index (χ2v) is 7.35. The number of carbonyl (C=O) groups is 1.